The highest BCUT2D eigenvalue weighted by molar-refractivity contribution is 5.79. The fourth-order valence-electron chi connectivity index (χ4n) is 2.48. The average Bonchev–Trinajstić information content (AvgIpc) is 2.16. The zero-order valence-electron chi connectivity index (χ0n) is 9.59. The molecule has 2 atom stereocenters. The van der Waals surface area contributed by atoms with Crippen LogP contribution >= 0.6 is 0 Å². The minimum absolute atomic E-state index is 0.210. The smallest absolute Gasteiger partial charge is 0.224 e. The summed E-state index contributed by atoms with van der Waals surface area (Å²) in [6.07, 6.45) is 6.12. The Balaban J connectivity index is 1.74. The van der Waals surface area contributed by atoms with Crippen molar-refractivity contribution in [2.45, 2.75) is 45.1 Å². The third kappa shape index (κ3) is 2.71. The minimum atomic E-state index is 0.210. The van der Waals surface area contributed by atoms with Gasteiger partial charge in [0.05, 0.1) is 5.92 Å². The van der Waals surface area contributed by atoms with Crippen molar-refractivity contribution in [3.05, 3.63) is 0 Å². The molecule has 0 aromatic rings. The predicted octanol–water partition coefficient (Wildman–Crippen LogP) is 1.29. The Morgan fingerprint density at radius 2 is 2.13 bits per heavy atom. The summed E-state index contributed by atoms with van der Waals surface area (Å²) in [5.74, 6) is 1.22. The van der Waals surface area contributed by atoms with Crippen LogP contribution in [0.5, 0.6) is 0 Å². The van der Waals surface area contributed by atoms with Crippen molar-refractivity contribution in [1.29, 1.82) is 0 Å². The summed E-state index contributed by atoms with van der Waals surface area (Å²) in [6.45, 7) is 4.09. The number of nitrogens with one attached hydrogen (secondary N) is 2. The van der Waals surface area contributed by atoms with Gasteiger partial charge in [0.1, 0.15) is 0 Å². The molecule has 0 spiro atoms. The van der Waals surface area contributed by atoms with Crippen LogP contribution in [0.25, 0.3) is 0 Å². The van der Waals surface area contributed by atoms with E-state index in [0.29, 0.717) is 6.04 Å². The first-order valence-corrected chi connectivity index (χ1v) is 6.28. The lowest BCUT2D eigenvalue weighted by Crippen LogP contribution is -2.46. The molecule has 3 heteroatoms. The summed E-state index contributed by atoms with van der Waals surface area (Å²) in [4.78, 5) is 11.9. The van der Waals surface area contributed by atoms with Gasteiger partial charge in [0, 0.05) is 12.6 Å². The molecular weight excluding hydrogens is 188 g/mol. The molecule has 2 aliphatic rings. The van der Waals surface area contributed by atoms with Gasteiger partial charge in [-0.05, 0) is 45.1 Å². The summed E-state index contributed by atoms with van der Waals surface area (Å²) >= 11 is 0. The van der Waals surface area contributed by atoms with Crippen LogP contribution in [0.1, 0.15) is 39.0 Å². The monoisotopic (exact) mass is 210 g/mol. The highest BCUT2D eigenvalue weighted by Gasteiger charge is 2.27. The first kappa shape index (κ1) is 10.9. The van der Waals surface area contributed by atoms with E-state index in [1.165, 1.54) is 19.3 Å². The van der Waals surface area contributed by atoms with Crippen LogP contribution < -0.4 is 10.6 Å². The standard InChI is InChI=1S/C12H22N2O/c1-9(10-4-2-5-10)14-12(15)11-6-3-7-13-8-11/h9-11,13H,2-8H2,1H3,(H,14,15)/t9?,11-/m0/s1. The van der Waals surface area contributed by atoms with Gasteiger partial charge >= 0.3 is 0 Å². The van der Waals surface area contributed by atoms with Crippen LogP contribution in [0.2, 0.25) is 0 Å². The van der Waals surface area contributed by atoms with Crippen molar-refractivity contribution in [2.75, 3.05) is 13.1 Å². The average molecular weight is 210 g/mol. The van der Waals surface area contributed by atoms with E-state index in [0.717, 1.165) is 31.8 Å². The fourth-order valence-corrected chi connectivity index (χ4v) is 2.48. The molecule has 1 unspecified atom stereocenters. The molecule has 2 fully saturated rings. The van der Waals surface area contributed by atoms with Crippen molar-refractivity contribution in [1.82, 2.24) is 10.6 Å². The second kappa shape index (κ2) is 4.97. The molecule has 86 valence electrons. The normalized spacial score (nSPS) is 29.3. The van der Waals surface area contributed by atoms with Gasteiger partial charge < -0.3 is 10.6 Å². The van der Waals surface area contributed by atoms with Crippen molar-refractivity contribution in [3.63, 3.8) is 0 Å². The van der Waals surface area contributed by atoms with Crippen LogP contribution in [0.3, 0.4) is 0 Å². The topological polar surface area (TPSA) is 41.1 Å². The maximum absolute atomic E-state index is 11.9. The number of carbonyl (C=O) groups excluding carboxylic acids is 1. The zero-order valence-corrected chi connectivity index (χ0v) is 9.59. The van der Waals surface area contributed by atoms with Crippen molar-refractivity contribution < 1.29 is 4.79 Å². The number of rotatable bonds is 3. The molecule has 15 heavy (non-hydrogen) atoms. The number of amides is 1. The van der Waals surface area contributed by atoms with Crippen molar-refractivity contribution >= 4 is 5.91 Å². The van der Waals surface area contributed by atoms with Crippen molar-refractivity contribution in [2.24, 2.45) is 11.8 Å². The lowest BCUT2D eigenvalue weighted by molar-refractivity contribution is -0.126. The Hall–Kier alpha value is -0.570. The van der Waals surface area contributed by atoms with E-state index in [2.05, 4.69) is 17.6 Å². The Morgan fingerprint density at radius 1 is 1.33 bits per heavy atom. The maximum atomic E-state index is 11.9. The summed E-state index contributed by atoms with van der Waals surface area (Å²) in [5, 5.41) is 6.46. The summed E-state index contributed by atoms with van der Waals surface area (Å²) in [6, 6.07) is 0.383. The van der Waals surface area contributed by atoms with Crippen LogP contribution in [-0.4, -0.2) is 25.0 Å². The van der Waals surface area contributed by atoms with Gasteiger partial charge in [0.2, 0.25) is 5.91 Å². The van der Waals surface area contributed by atoms with Gasteiger partial charge in [-0.15, -0.1) is 0 Å². The molecule has 1 heterocycles. The first-order chi connectivity index (χ1) is 7.27. The minimum Gasteiger partial charge on any atom is -0.353 e. The second-order valence-electron chi connectivity index (χ2n) is 5.03. The molecule has 1 saturated heterocycles. The maximum Gasteiger partial charge on any atom is 0.224 e. The van der Waals surface area contributed by atoms with E-state index in [1.807, 2.05) is 0 Å². The quantitative estimate of drug-likeness (QED) is 0.737. The Labute approximate surface area is 92.0 Å². The van der Waals surface area contributed by atoms with E-state index in [9.17, 15) is 4.79 Å². The van der Waals surface area contributed by atoms with Crippen LogP contribution in [0.15, 0.2) is 0 Å². The van der Waals surface area contributed by atoms with E-state index < -0.39 is 0 Å². The van der Waals surface area contributed by atoms with Crippen LogP contribution in [0, 0.1) is 11.8 Å². The molecule has 0 aromatic carbocycles. The molecule has 1 aliphatic carbocycles. The molecule has 0 radical (unpaired) electrons. The van der Waals surface area contributed by atoms with Crippen molar-refractivity contribution in [3.8, 4) is 0 Å². The third-order valence-electron chi connectivity index (χ3n) is 3.89. The zero-order chi connectivity index (χ0) is 10.7. The van der Waals surface area contributed by atoms with Gasteiger partial charge in [-0.1, -0.05) is 6.42 Å². The van der Waals surface area contributed by atoms with Gasteiger partial charge in [0.15, 0.2) is 0 Å². The predicted molar refractivity (Wildman–Crippen MR) is 60.5 cm³/mol. The molecule has 2 N–H and O–H groups in total. The number of piperidine rings is 1. The summed E-state index contributed by atoms with van der Waals surface area (Å²) in [5.41, 5.74) is 0. The van der Waals surface area contributed by atoms with E-state index >= 15 is 0 Å². The van der Waals surface area contributed by atoms with Gasteiger partial charge in [-0.25, -0.2) is 0 Å². The highest BCUT2D eigenvalue weighted by Crippen LogP contribution is 2.29. The molecule has 0 aromatic heterocycles. The Kier molecular flexibility index (Phi) is 3.62. The molecule has 1 amide bonds. The highest BCUT2D eigenvalue weighted by atomic mass is 16.2. The fraction of sp³-hybridized carbons (Fsp3) is 0.917. The summed E-state index contributed by atoms with van der Waals surface area (Å²) < 4.78 is 0. The van der Waals surface area contributed by atoms with Gasteiger partial charge in [0.25, 0.3) is 0 Å². The molecule has 1 aliphatic heterocycles. The Morgan fingerprint density at radius 3 is 2.67 bits per heavy atom. The lowest BCUT2D eigenvalue weighted by Gasteiger charge is -2.33. The van der Waals surface area contributed by atoms with Crippen LogP contribution in [-0.2, 0) is 4.79 Å². The van der Waals surface area contributed by atoms with E-state index in [4.69, 9.17) is 0 Å². The molecule has 0 bridgehead atoms. The molecule has 2 rings (SSSR count). The molecule has 3 nitrogen and oxygen atoms in total. The number of hydrogen-bond donors (Lipinski definition) is 2. The van der Waals surface area contributed by atoms with Gasteiger partial charge in [-0.3, -0.25) is 4.79 Å². The summed E-state index contributed by atoms with van der Waals surface area (Å²) in [7, 11) is 0. The number of carbonyl (C=O) groups is 1. The largest absolute Gasteiger partial charge is 0.353 e. The third-order valence-corrected chi connectivity index (χ3v) is 3.89. The Bertz CT molecular complexity index is 220. The first-order valence-electron chi connectivity index (χ1n) is 6.28. The molecule has 1 saturated carbocycles. The number of hydrogen-bond acceptors (Lipinski definition) is 2. The molecular formula is C12H22N2O. The second-order valence-corrected chi connectivity index (χ2v) is 5.03. The van der Waals surface area contributed by atoms with Crippen LogP contribution in [0.4, 0.5) is 0 Å². The van der Waals surface area contributed by atoms with E-state index in [1.54, 1.807) is 0 Å². The SMILES string of the molecule is CC(NC(=O)[C@H]1CCCNC1)C1CCC1. The van der Waals surface area contributed by atoms with Gasteiger partial charge in [-0.2, -0.15) is 0 Å². The lowest BCUT2D eigenvalue weighted by atomic mass is 9.80. The van der Waals surface area contributed by atoms with E-state index in [-0.39, 0.29) is 11.8 Å².